The normalized spacial score (nSPS) is 12.3. The van der Waals surface area contributed by atoms with Crippen molar-refractivity contribution >= 4 is 17.1 Å². The number of aromatic nitrogens is 4. The molecule has 0 amide bonds. The van der Waals surface area contributed by atoms with Gasteiger partial charge >= 0.3 is 5.69 Å². The van der Waals surface area contributed by atoms with Gasteiger partial charge in [0, 0.05) is 13.6 Å². The Labute approximate surface area is 161 Å². The van der Waals surface area contributed by atoms with E-state index in [-0.39, 0.29) is 24.3 Å². The summed E-state index contributed by atoms with van der Waals surface area (Å²) in [6, 6.07) is 7.69. The first-order valence-corrected chi connectivity index (χ1v) is 9.27. The maximum atomic E-state index is 12.4. The van der Waals surface area contributed by atoms with Gasteiger partial charge in [-0.3, -0.25) is 14.3 Å². The molecule has 3 rings (SSSR count). The molecule has 1 aromatic carbocycles. The molecule has 3 aromatic rings. The van der Waals surface area contributed by atoms with Crippen LogP contribution < -0.4 is 21.3 Å². The van der Waals surface area contributed by atoms with Gasteiger partial charge in [0.1, 0.15) is 18.5 Å². The lowest BCUT2D eigenvalue weighted by molar-refractivity contribution is 0.0938. The van der Waals surface area contributed by atoms with E-state index in [1.807, 2.05) is 31.2 Å². The van der Waals surface area contributed by atoms with Crippen LogP contribution in [0.5, 0.6) is 5.75 Å². The fraction of sp³-hybridized carbons (Fsp3) is 0.421. The molecule has 1 atom stereocenters. The molecule has 0 aliphatic heterocycles. The van der Waals surface area contributed by atoms with E-state index in [0.29, 0.717) is 18.2 Å². The number of hydrogen-bond donors (Lipinski definition) is 3. The van der Waals surface area contributed by atoms with Crippen LogP contribution in [0.1, 0.15) is 19.4 Å². The summed E-state index contributed by atoms with van der Waals surface area (Å²) >= 11 is 0. The van der Waals surface area contributed by atoms with Crippen LogP contribution in [0.3, 0.4) is 0 Å². The van der Waals surface area contributed by atoms with E-state index in [9.17, 15) is 14.7 Å². The van der Waals surface area contributed by atoms with Gasteiger partial charge in [-0.05, 0) is 31.0 Å². The first-order valence-electron chi connectivity index (χ1n) is 9.27. The molecule has 2 heterocycles. The number of H-pyrrole nitrogens is 1. The number of anilines is 1. The molecule has 2 aromatic heterocycles. The zero-order chi connectivity index (χ0) is 20.3. The van der Waals surface area contributed by atoms with Crippen molar-refractivity contribution in [1.82, 2.24) is 19.1 Å². The first kappa shape index (κ1) is 19.7. The largest absolute Gasteiger partial charge is 0.491 e. The van der Waals surface area contributed by atoms with Crippen LogP contribution in [0.25, 0.3) is 11.2 Å². The lowest BCUT2D eigenvalue weighted by atomic mass is 10.2. The lowest BCUT2D eigenvalue weighted by Gasteiger charge is -2.16. The van der Waals surface area contributed by atoms with Crippen molar-refractivity contribution in [2.24, 2.45) is 7.05 Å². The van der Waals surface area contributed by atoms with Crippen LogP contribution in [0.15, 0.2) is 33.9 Å². The molecule has 28 heavy (non-hydrogen) atoms. The number of nitrogens with zero attached hydrogens (tertiary/aromatic N) is 3. The number of imidazole rings is 1. The summed E-state index contributed by atoms with van der Waals surface area (Å²) in [4.78, 5) is 30.8. The number of rotatable bonds is 8. The molecular formula is C19H25N5O4. The minimum atomic E-state index is -0.878. The average Bonchev–Trinajstić information content (AvgIpc) is 3.04. The van der Waals surface area contributed by atoms with Crippen LogP contribution >= 0.6 is 0 Å². The topological polar surface area (TPSA) is 114 Å². The fourth-order valence-corrected chi connectivity index (χ4v) is 3.02. The van der Waals surface area contributed by atoms with Gasteiger partial charge in [-0.2, -0.15) is 4.98 Å². The average molecular weight is 387 g/mol. The Hall–Kier alpha value is -3.07. The Morgan fingerprint density at radius 3 is 2.82 bits per heavy atom. The Morgan fingerprint density at radius 1 is 1.32 bits per heavy atom. The Kier molecular flexibility index (Phi) is 5.84. The molecule has 0 saturated heterocycles. The van der Waals surface area contributed by atoms with Gasteiger partial charge in [0.2, 0.25) is 5.95 Å². The Balaban J connectivity index is 1.86. The summed E-state index contributed by atoms with van der Waals surface area (Å²) in [6.07, 6.45) is 0.0191. The van der Waals surface area contributed by atoms with E-state index < -0.39 is 17.4 Å². The molecule has 0 aliphatic carbocycles. The van der Waals surface area contributed by atoms with Crippen molar-refractivity contribution in [3.63, 3.8) is 0 Å². The zero-order valence-electron chi connectivity index (χ0n) is 16.2. The zero-order valence-corrected chi connectivity index (χ0v) is 16.2. The third-order valence-electron chi connectivity index (χ3n) is 4.48. The number of fused-ring (bicyclic) bond motifs is 1. The van der Waals surface area contributed by atoms with Gasteiger partial charge in [-0.25, -0.2) is 4.79 Å². The van der Waals surface area contributed by atoms with E-state index in [4.69, 9.17) is 4.74 Å². The van der Waals surface area contributed by atoms with Gasteiger partial charge in [-0.1, -0.05) is 19.1 Å². The number of ether oxygens (including phenoxy) is 1. The minimum Gasteiger partial charge on any atom is -0.491 e. The van der Waals surface area contributed by atoms with E-state index in [0.717, 1.165) is 12.0 Å². The Morgan fingerprint density at radius 2 is 2.11 bits per heavy atom. The predicted octanol–water partition coefficient (Wildman–Crippen LogP) is 0.857. The third kappa shape index (κ3) is 3.94. The van der Waals surface area contributed by atoms with Gasteiger partial charge in [0.25, 0.3) is 5.56 Å². The van der Waals surface area contributed by atoms with Gasteiger partial charge in [-0.15, -0.1) is 0 Å². The molecule has 0 fully saturated rings. The number of aromatic amines is 1. The molecular weight excluding hydrogens is 362 g/mol. The quantitative estimate of drug-likeness (QED) is 0.528. The second-order valence-corrected chi connectivity index (χ2v) is 6.53. The van der Waals surface area contributed by atoms with Crippen LogP contribution in [-0.4, -0.2) is 43.5 Å². The smallest absolute Gasteiger partial charge is 0.329 e. The van der Waals surface area contributed by atoms with Crippen LogP contribution in [-0.2, 0) is 20.0 Å². The summed E-state index contributed by atoms with van der Waals surface area (Å²) < 4.78 is 8.55. The molecule has 0 radical (unpaired) electrons. The number of nitrogens with one attached hydrogen (secondary N) is 2. The predicted molar refractivity (Wildman–Crippen MR) is 107 cm³/mol. The molecule has 1 unspecified atom stereocenters. The number of benzene rings is 1. The van der Waals surface area contributed by atoms with Gasteiger partial charge < -0.3 is 19.7 Å². The lowest BCUT2D eigenvalue weighted by Crippen LogP contribution is -2.31. The van der Waals surface area contributed by atoms with E-state index in [1.165, 1.54) is 11.6 Å². The molecule has 9 nitrogen and oxygen atoms in total. The summed E-state index contributed by atoms with van der Waals surface area (Å²) in [5, 5.41) is 13.6. The van der Waals surface area contributed by atoms with Crippen molar-refractivity contribution in [2.75, 3.05) is 18.5 Å². The second kappa shape index (κ2) is 8.30. The number of aryl methyl sites for hydroxylation is 2. The highest BCUT2D eigenvalue weighted by Gasteiger charge is 2.19. The van der Waals surface area contributed by atoms with Crippen molar-refractivity contribution in [3.8, 4) is 5.75 Å². The number of hydrogen-bond acceptors (Lipinski definition) is 6. The van der Waals surface area contributed by atoms with Crippen LogP contribution in [0.2, 0.25) is 0 Å². The highest BCUT2D eigenvalue weighted by atomic mass is 16.5. The SMILES string of the molecule is CCNc1nc2c(c(=O)[nH]c(=O)n2C)n1CC(O)COc1cccc(CC)c1. The first-order chi connectivity index (χ1) is 13.4. The second-order valence-electron chi connectivity index (χ2n) is 6.53. The molecule has 3 N–H and O–H groups in total. The minimum absolute atomic E-state index is 0.0576. The summed E-state index contributed by atoms with van der Waals surface area (Å²) in [5.74, 6) is 1.09. The Bertz CT molecular complexity index is 1080. The summed E-state index contributed by atoms with van der Waals surface area (Å²) in [5.41, 5.74) is 0.552. The van der Waals surface area contributed by atoms with Crippen LogP contribution in [0, 0.1) is 0 Å². The standard InChI is InChI=1S/C19H25N5O4/c1-4-12-7-6-8-14(9-12)28-11-13(25)10-24-15-16(21-18(24)20-5-2)23(3)19(27)22-17(15)26/h6-9,13,25H,4-5,10-11H2,1-3H3,(H,20,21)(H,22,26,27). The van der Waals surface area contributed by atoms with Crippen molar-refractivity contribution in [1.29, 1.82) is 0 Å². The highest BCUT2D eigenvalue weighted by molar-refractivity contribution is 5.74. The van der Waals surface area contributed by atoms with E-state index in [2.05, 4.69) is 22.2 Å². The monoisotopic (exact) mass is 387 g/mol. The summed E-state index contributed by atoms with van der Waals surface area (Å²) in [6.45, 7) is 4.68. The van der Waals surface area contributed by atoms with E-state index >= 15 is 0 Å². The maximum absolute atomic E-state index is 12.4. The highest BCUT2D eigenvalue weighted by Crippen LogP contribution is 2.17. The maximum Gasteiger partial charge on any atom is 0.329 e. The molecule has 9 heteroatoms. The van der Waals surface area contributed by atoms with Crippen molar-refractivity contribution in [2.45, 2.75) is 32.9 Å². The molecule has 0 spiro atoms. The van der Waals surface area contributed by atoms with Crippen molar-refractivity contribution < 1.29 is 9.84 Å². The number of aliphatic hydroxyl groups is 1. The fourth-order valence-electron chi connectivity index (χ4n) is 3.02. The molecule has 0 bridgehead atoms. The summed E-state index contributed by atoms with van der Waals surface area (Å²) in [7, 11) is 1.54. The number of aliphatic hydroxyl groups excluding tert-OH is 1. The van der Waals surface area contributed by atoms with Gasteiger partial charge in [0.05, 0.1) is 6.54 Å². The molecule has 0 aliphatic rings. The van der Waals surface area contributed by atoms with Gasteiger partial charge in [0.15, 0.2) is 11.2 Å². The molecule has 150 valence electrons. The van der Waals surface area contributed by atoms with Crippen LogP contribution in [0.4, 0.5) is 5.95 Å². The molecule has 0 saturated carbocycles. The van der Waals surface area contributed by atoms with Crippen molar-refractivity contribution in [3.05, 3.63) is 50.7 Å². The van der Waals surface area contributed by atoms with E-state index in [1.54, 1.807) is 4.57 Å². The third-order valence-corrected chi connectivity index (χ3v) is 4.48.